The fourth-order valence-electron chi connectivity index (χ4n) is 1.77. The molecule has 1 rings (SSSR count). The minimum Gasteiger partial charge on any atom is -0.339 e. The van der Waals surface area contributed by atoms with E-state index in [9.17, 15) is 4.79 Å². The van der Waals surface area contributed by atoms with E-state index >= 15 is 0 Å². The summed E-state index contributed by atoms with van der Waals surface area (Å²) in [5.74, 6) is 0.130. The van der Waals surface area contributed by atoms with Crippen molar-refractivity contribution in [3.63, 3.8) is 0 Å². The second kappa shape index (κ2) is 8.11. The first-order valence-corrected chi connectivity index (χ1v) is 6.12. The summed E-state index contributed by atoms with van der Waals surface area (Å²) in [5.41, 5.74) is 8.08. The molecule has 0 aliphatic rings. The number of rotatable bonds is 5. The van der Waals surface area contributed by atoms with Crippen molar-refractivity contribution in [2.45, 2.75) is 39.8 Å². The number of halogens is 1. The summed E-state index contributed by atoms with van der Waals surface area (Å²) in [5, 5.41) is 0. The number of hydrogen-bond acceptors (Lipinski definition) is 2. The van der Waals surface area contributed by atoms with Gasteiger partial charge in [-0.15, -0.1) is 12.4 Å². The molecule has 0 heterocycles. The molecular weight excluding hydrogens is 248 g/mol. The van der Waals surface area contributed by atoms with E-state index in [2.05, 4.69) is 19.1 Å². The standard InChI is InChI=1S/C14H22N2O.ClH/c1-4-16(14(17)9-12(3)15)10-13-8-6-5-7-11(13)2;/h5-8,12H,4,9-10,15H2,1-3H3;1H. The van der Waals surface area contributed by atoms with E-state index < -0.39 is 0 Å². The highest BCUT2D eigenvalue weighted by molar-refractivity contribution is 5.85. The molecule has 102 valence electrons. The molecule has 0 aliphatic heterocycles. The van der Waals surface area contributed by atoms with Crippen LogP contribution in [0.3, 0.4) is 0 Å². The Hall–Kier alpha value is -1.06. The predicted molar refractivity (Wildman–Crippen MR) is 77.8 cm³/mol. The maximum atomic E-state index is 11.9. The number of nitrogens with two attached hydrogens (primary N) is 1. The maximum absolute atomic E-state index is 11.9. The molecule has 2 N–H and O–H groups in total. The number of aryl methyl sites for hydroxylation is 1. The van der Waals surface area contributed by atoms with E-state index in [1.54, 1.807) is 0 Å². The Bertz CT molecular complexity index is 380. The zero-order valence-electron chi connectivity index (χ0n) is 11.3. The molecule has 4 heteroatoms. The van der Waals surface area contributed by atoms with Crippen LogP contribution in [-0.2, 0) is 11.3 Å². The molecule has 1 unspecified atom stereocenters. The van der Waals surface area contributed by atoms with Crippen molar-refractivity contribution in [3.8, 4) is 0 Å². The van der Waals surface area contributed by atoms with E-state index in [-0.39, 0.29) is 24.4 Å². The lowest BCUT2D eigenvalue weighted by molar-refractivity contribution is -0.131. The summed E-state index contributed by atoms with van der Waals surface area (Å²) < 4.78 is 0. The zero-order valence-corrected chi connectivity index (χ0v) is 12.2. The van der Waals surface area contributed by atoms with Crippen LogP contribution in [-0.4, -0.2) is 23.4 Å². The number of hydrogen-bond donors (Lipinski definition) is 1. The lowest BCUT2D eigenvalue weighted by atomic mass is 10.1. The Kier molecular flexibility index (Phi) is 7.64. The molecule has 1 atom stereocenters. The molecule has 0 spiro atoms. The minimum atomic E-state index is -0.0755. The van der Waals surface area contributed by atoms with Crippen LogP contribution in [0.4, 0.5) is 0 Å². The molecule has 3 nitrogen and oxygen atoms in total. The van der Waals surface area contributed by atoms with E-state index in [1.807, 2.05) is 30.9 Å². The highest BCUT2D eigenvalue weighted by atomic mass is 35.5. The van der Waals surface area contributed by atoms with Crippen LogP contribution in [0.15, 0.2) is 24.3 Å². The summed E-state index contributed by atoms with van der Waals surface area (Å²) in [6, 6.07) is 8.08. The summed E-state index contributed by atoms with van der Waals surface area (Å²) >= 11 is 0. The number of carbonyl (C=O) groups is 1. The SMILES string of the molecule is CCN(Cc1ccccc1C)C(=O)CC(C)N.Cl. The Labute approximate surface area is 116 Å². The van der Waals surface area contributed by atoms with Crippen molar-refractivity contribution in [1.29, 1.82) is 0 Å². The maximum Gasteiger partial charge on any atom is 0.224 e. The number of benzene rings is 1. The molecular formula is C14H23ClN2O. The first-order valence-electron chi connectivity index (χ1n) is 6.12. The third-order valence-electron chi connectivity index (χ3n) is 2.85. The Balaban J connectivity index is 0.00000289. The molecule has 0 bridgehead atoms. The molecule has 0 radical (unpaired) electrons. The number of amides is 1. The number of carbonyl (C=O) groups excluding carboxylic acids is 1. The number of nitrogens with zero attached hydrogens (tertiary/aromatic N) is 1. The third kappa shape index (κ3) is 5.07. The van der Waals surface area contributed by atoms with Crippen molar-refractivity contribution < 1.29 is 4.79 Å². The van der Waals surface area contributed by atoms with Gasteiger partial charge in [-0.1, -0.05) is 24.3 Å². The quantitative estimate of drug-likeness (QED) is 0.894. The van der Waals surface area contributed by atoms with Crippen LogP contribution in [0.2, 0.25) is 0 Å². The molecule has 1 aromatic carbocycles. The lowest BCUT2D eigenvalue weighted by Gasteiger charge is -2.22. The Morgan fingerprint density at radius 1 is 1.39 bits per heavy atom. The highest BCUT2D eigenvalue weighted by Crippen LogP contribution is 2.11. The first kappa shape index (κ1) is 16.9. The van der Waals surface area contributed by atoms with Crippen LogP contribution < -0.4 is 5.73 Å². The predicted octanol–water partition coefficient (Wildman–Crippen LogP) is 2.50. The van der Waals surface area contributed by atoms with Crippen LogP contribution >= 0.6 is 12.4 Å². The van der Waals surface area contributed by atoms with Gasteiger partial charge in [-0.05, 0) is 31.9 Å². The van der Waals surface area contributed by atoms with Gasteiger partial charge in [-0.25, -0.2) is 0 Å². The van der Waals surface area contributed by atoms with Gasteiger partial charge in [0.1, 0.15) is 0 Å². The topological polar surface area (TPSA) is 46.3 Å². The summed E-state index contributed by atoms with van der Waals surface area (Å²) in [4.78, 5) is 13.8. The molecule has 1 amide bonds. The average molecular weight is 271 g/mol. The van der Waals surface area contributed by atoms with Gasteiger partial charge in [0, 0.05) is 25.6 Å². The van der Waals surface area contributed by atoms with Gasteiger partial charge in [0.2, 0.25) is 5.91 Å². The monoisotopic (exact) mass is 270 g/mol. The second-order valence-corrected chi connectivity index (χ2v) is 4.52. The molecule has 0 fully saturated rings. The van der Waals surface area contributed by atoms with Crippen LogP contribution in [0, 0.1) is 6.92 Å². The fourth-order valence-corrected chi connectivity index (χ4v) is 1.77. The van der Waals surface area contributed by atoms with Crippen LogP contribution in [0.25, 0.3) is 0 Å². The largest absolute Gasteiger partial charge is 0.339 e. The molecule has 0 saturated heterocycles. The van der Waals surface area contributed by atoms with Crippen LogP contribution in [0.1, 0.15) is 31.4 Å². The Morgan fingerprint density at radius 2 is 2.00 bits per heavy atom. The first-order chi connectivity index (χ1) is 8.04. The second-order valence-electron chi connectivity index (χ2n) is 4.52. The van der Waals surface area contributed by atoms with Crippen molar-refractivity contribution in [1.82, 2.24) is 4.90 Å². The fraction of sp³-hybridized carbons (Fsp3) is 0.500. The highest BCUT2D eigenvalue weighted by Gasteiger charge is 2.14. The van der Waals surface area contributed by atoms with Crippen molar-refractivity contribution in [2.75, 3.05) is 6.54 Å². The van der Waals surface area contributed by atoms with Gasteiger partial charge in [0.05, 0.1) is 0 Å². The summed E-state index contributed by atoms with van der Waals surface area (Å²) in [7, 11) is 0. The van der Waals surface area contributed by atoms with E-state index in [0.717, 1.165) is 6.54 Å². The minimum absolute atomic E-state index is 0. The van der Waals surface area contributed by atoms with Crippen molar-refractivity contribution >= 4 is 18.3 Å². The van der Waals surface area contributed by atoms with Gasteiger partial charge in [-0.3, -0.25) is 4.79 Å². The lowest BCUT2D eigenvalue weighted by Crippen LogP contribution is -2.34. The molecule has 0 saturated carbocycles. The Morgan fingerprint density at radius 3 is 2.50 bits per heavy atom. The van der Waals surface area contributed by atoms with Gasteiger partial charge in [0.25, 0.3) is 0 Å². The van der Waals surface area contributed by atoms with Gasteiger partial charge < -0.3 is 10.6 Å². The average Bonchev–Trinajstić information content (AvgIpc) is 2.27. The molecule has 18 heavy (non-hydrogen) atoms. The third-order valence-corrected chi connectivity index (χ3v) is 2.85. The summed E-state index contributed by atoms with van der Waals surface area (Å²) in [6.07, 6.45) is 0.416. The van der Waals surface area contributed by atoms with Crippen molar-refractivity contribution in [2.24, 2.45) is 5.73 Å². The summed E-state index contributed by atoms with van der Waals surface area (Å²) in [6.45, 7) is 7.32. The molecule has 1 aromatic rings. The smallest absolute Gasteiger partial charge is 0.224 e. The van der Waals surface area contributed by atoms with E-state index in [1.165, 1.54) is 11.1 Å². The van der Waals surface area contributed by atoms with E-state index in [4.69, 9.17) is 5.73 Å². The molecule has 0 aliphatic carbocycles. The van der Waals surface area contributed by atoms with Gasteiger partial charge in [0.15, 0.2) is 0 Å². The zero-order chi connectivity index (χ0) is 12.8. The van der Waals surface area contributed by atoms with E-state index in [0.29, 0.717) is 13.0 Å². The van der Waals surface area contributed by atoms with Gasteiger partial charge in [-0.2, -0.15) is 0 Å². The van der Waals surface area contributed by atoms with Gasteiger partial charge >= 0.3 is 0 Å². The van der Waals surface area contributed by atoms with Crippen molar-refractivity contribution in [3.05, 3.63) is 35.4 Å². The van der Waals surface area contributed by atoms with Crippen LogP contribution in [0.5, 0.6) is 0 Å². The molecule has 0 aromatic heterocycles. The normalized spacial score (nSPS) is 11.6.